The topological polar surface area (TPSA) is 45.7 Å². The second-order valence-corrected chi connectivity index (χ2v) is 8.43. The Bertz CT molecular complexity index is 1120. The van der Waals surface area contributed by atoms with Gasteiger partial charge in [0.1, 0.15) is 5.75 Å². The lowest BCUT2D eigenvalue weighted by Gasteiger charge is -2.35. The summed E-state index contributed by atoms with van der Waals surface area (Å²) in [6, 6.07) is 14.7. The number of aryl methyl sites for hydroxylation is 2. The summed E-state index contributed by atoms with van der Waals surface area (Å²) in [6.07, 6.45) is 1.00. The summed E-state index contributed by atoms with van der Waals surface area (Å²) in [5.74, 6) is 1.13. The van der Waals surface area contributed by atoms with E-state index in [0.29, 0.717) is 0 Å². The van der Waals surface area contributed by atoms with Crippen LogP contribution in [0.1, 0.15) is 32.7 Å². The highest BCUT2D eigenvalue weighted by Gasteiger charge is 2.24. The molecule has 1 aromatic heterocycles. The van der Waals surface area contributed by atoms with Gasteiger partial charge in [0.05, 0.1) is 23.4 Å². The summed E-state index contributed by atoms with van der Waals surface area (Å²) in [4.78, 5) is 22.3. The third kappa shape index (κ3) is 3.65. The molecule has 2 aromatic carbocycles. The molecule has 5 rings (SSSR count). The molecule has 1 saturated heterocycles. The fourth-order valence-electron chi connectivity index (χ4n) is 4.47. The lowest BCUT2D eigenvalue weighted by molar-refractivity contribution is 0.0627. The standard InChI is InChI=1S/C25H27N3O2/c1-17-3-5-20-15-22(18(2)26-23(20)13-17)25(29)28-10-8-27(9-11-28)16-19-4-6-24-21(14-19)7-12-30-24/h3-6,13-15H,7-12,16H2,1-2H3. The van der Waals surface area contributed by atoms with Crippen molar-refractivity contribution in [2.24, 2.45) is 0 Å². The molecule has 0 N–H and O–H groups in total. The van der Waals surface area contributed by atoms with Gasteiger partial charge in [0.2, 0.25) is 0 Å². The van der Waals surface area contributed by atoms with E-state index >= 15 is 0 Å². The van der Waals surface area contributed by atoms with Crippen LogP contribution in [0.2, 0.25) is 0 Å². The van der Waals surface area contributed by atoms with Gasteiger partial charge in [0.25, 0.3) is 5.91 Å². The van der Waals surface area contributed by atoms with E-state index in [9.17, 15) is 4.79 Å². The largest absolute Gasteiger partial charge is 0.493 e. The average Bonchev–Trinajstić information content (AvgIpc) is 3.21. The van der Waals surface area contributed by atoms with Crippen molar-refractivity contribution in [2.75, 3.05) is 32.8 Å². The number of aromatic nitrogens is 1. The summed E-state index contributed by atoms with van der Waals surface area (Å²) in [6.45, 7) is 8.98. The third-order valence-corrected chi connectivity index (χ3v) is 6.21. The second-order valence-electron chi connectivity index (χ2n) is 8.43. The molecule has 2 aliphatic heterocycles. The Kier molecular flexibility index (Phi) is 4.91. The van der Waals surface area contributed by atoms with Crippen LogP contribution in [0.3, 0.4) is 0 Å². The first-order chi connectivity index (χ1) is 14.6. The Balaban J connectivity index is 1.25. The predicted octanol–water partition coefficient (Wildman–Crippen LogP) is 3.74. The van der Waals surface area contributed by atoms with Crippen LogP contribution in [0.15, 0.2) is 42.5 Å². The first-order valence-corrected chi connectivity index (χ1v) is 10.7. The van der Waals surface area contributed by atoms with Crippen molar-refractivity contribution in [1.29, 1.82) is 0 Å². The van der Waals surface area contributed by atoms with Crippen molar-refractivity contribution < 1.29 is 9.53 Å². The van der Waals surface area contributed by atoms with Gasteiger partial charge >= 0.3 is 0 Å². The Morgan fingerprint density at radius 3 is 2.70 bits per heavy atom. The first-order valence-electron chi connectivity index (χ1n) is 10.7. The highest BCUT2D eigenvalue weighted by atomic mass is 16.5. The number of amides is 1. The molecule has 1 amide bonds. The lowest BCUT2D eigenvalue weighted by Crippen LogP contribution is -2.48. The summed E-state index contributed by atoms with van der Waals surface area (Å²) >= 11 is 0. The quantitative estimate of drug-likeness (QED) is 0.671. The van der Waals surface area contributed by atoms with Gasteiger partial charge in [-0.15, -0.1) is 0 Å². The molecule has 3 aromatic rings. The Labute approximate surface area is 177 Å². The van der Waals surface area contributed by atoms with Gasteiger partial charge in [0, 0.05) is 44.5 Å². The van der Waals surface area contributed by atoms with Crippen LogP contribution in [0.5, 0.6) is 5.75 Å². The van der Waals surface area contributed by atoms with E-state index in [1.54, 1.807) is 0 Å². The van der Waals surface area contributed by atoms with E-state index in [1.165, 1.54) is 16.7 Å². The minimum atomic E-state index is 0.0943. The molecule has 0 atom stereocenters. The number of carbonyl (C=O) groups is 1. The first kappa shape index (κ1) is 19.1. The van der Waals surface area contributed by atoms with Crippen molar-refractivity contribution >= 4 is 16.8 Å². The van der Waals surface area contributed by atoms with Crippen LogP contribution in [-0.4, -0.2) is 53.5 Å². The van der Waals surface area contributed by atoms with Crippen molar-refractivity contribution in [1.82, 2.24) is 14.8 Å². The molecule has 5 heteroatoms. The fourth-order valence-corrected chi connectivity index (χ4v) is 4.47. The lowest BCUT2D eigenvalue weighted by atomic mass is 10.1. The number of carbonyl (C=O) groups excluding carboxylic acids is 1. The van der Waals surface area contributed by atoms with E-state index in [4.69, 9.17) is 4.74 Å². The molecule has 30 heavy (non-hydrogen) atoms. The van der Waals surface area contributed by atoms with Crippen LogP contribution < -0.4 is 4.74 Å². The molecule has 154 valence electrons. The number of ether oxygens (including phenoxy) is 1. The molecule has 2 aliphatic rings. The number of fused-ring (bicyclic) bond motifs is 2. The number of rotatable bonds is 3. The van der Waals surface area contributed by atoms with Gasteiger partial charge in [-0.25, -0.2) is 0 Å². The number of hydrogen-bond acceptors (Lipinski definition) is 4. The minimum Gasteiger partial charge on any atom is -0.493 e. The van der Waals surface area contributed by atoms with Crippen molar-refractivity contribution in [2.45, 2.75) is 26.8 Å². The van der Waals surface area contributed by atoms with Crippen molar-refractivity contribution in [3.8, 4) is 5.75 Å². The molecule has 3 heterocycles. The Hall–Kier alpha value is -2.92. The zero-order valence-electron chi connectivity index (χ0n) is 17.6. The highest BCUT2D eigenvalue weighted by Crippen LogP contribution is 2.26. The van der Waals surface area contributed by atoms with Gasteiger partial charge < -0.3 is 9.64 Å². The maximum absolute atomic E-state index is 13.2. The van der Waals surface area contributed by atoms with Gasteiger partial charge in [0.15, 0.2) is 0 Å². The van der Waals surface area contributed by atoms with Gasteiger partial charge in [-0.1, -0.05) is 24.3 Å². The van der Waals surface area contributed by atoms with Crippen LogP contribution in [0.4, 0.5) is 0 Å². The van der Waals surface area contributed by atoms with Crippen LogP contribution in [0, 0.1) is 13.8 Å². The molecule has 5 nitrogen and oxygen atoms in total. The van der Waals surface area contributed by atoms with Crippen molar-refractivity contribution in [3.63, 3.8) is 0 Å². The zero-order valence-corrected chi connectivity index (χ0v) is 17.6. The summed E-state index contributed by atoms with van der Waals surface area (Å²) in [5, 5.41) is 1.02. The van der Waals surface area contributed by atoms with E-state index in [-0.39, 0.29) is 5.91 Å². The number of nitrogens with zero attached hydrogens (tertiary/aromatic N) is 3. The number of pyridine rings is 1. The van der Waals surface area contributed by atoms with Gasteiger partial charge in [-0.3, -0.25) is 14.7 Å². The molecule has 1 fully saturated rings. The SMILES string of the molecule is Cc1ccc2cc(C(=O)N3CCN(Cc4ccc5c(c4)CCO5)CC3)c(C)nc2c1. The second kappa shape index (κ2) is 7.73. The summed E-state index contributed by atoms with van der Waals surface area (Å²) in [5.41, 5.74) is 6.30. The number of hydrogen-bond donors (Lipinski definition) is 0. The monoisotopic (exact) mass is 401 g/mol. The molecule has 0 aliphatic carbocycles. The van der Waals surface area contributed by atoms with E-state index in [0.717, 1.165) is 73.7 Å². The number of piperazine rings is 1. The third-order valence-electron chi connectivity index (χ3n) is 6.21. The number of benzene rings is 2. The van der Waals surface area contributed by atoms with E-state index < -0.39 is 0 Å². The Morgan fingerprint density at radius 2 is 1.87 bits per heavy atom. The Morgan fingerprint density at radius 1 is 1.03 bits per heavy atom. The normalized spacial score (nSPS) is 16.5. The molecule has 0 spiro atoms. The molecule has 0 bridgehead atoms. The van der Waals surface area contributed by atoms with Crippen LogP contribution in [0.25, 0.3) is 10.9 Å². The summed E-state index contributed by atoms with van der Waals surface area (Å²) in [7, 11) is 0. The molecular formula is C25H27N3O2. The van der Waals surface area contributed by atoms with Crippen molar-refractivity contribution in [3.05, 3.63) is 70.4 Å². The summed E-state index contributed by atoms with van der Waals surface area (Å²) < 4.78 is 5.61. The maximum atomic E-state index is 13.2. The average molecular weight is 402 g/mol. The van der Waals surface area contributed by atoms with E-state index in [1.807, 2.05) is 24.0 Å². The maximum Gasteiger partial charge on any atom is 0.255 e. The molecule has 0 radical (unpaired) electrons. The minimum absolute atomic E-state index is 0.0943. The smallest absolute Gasteiger partial charge is 0.255 e. The molecular weight excluding hydrogens is 374 g/mol. The highest BCUT2D eigenvalue weighted by molar-refractivity contribution is 5.98. The van der Waals surface area contributed by atoms with Gasteiger partial charge in [-0.05, 0) is 48.7 Å². The van der Waals surface area contributed by atoms with Crippen LogP contribution in [-0.2, 0) is 13.0 Å². The fraction of sp³-hybridized carbons (Fsp3) is 0.360. The predicted molar refractivity (Wildman–Crippen MR) is 118 cm³/mol. The van der Waals surface area contributed by atoms with Gasteiger partial charge in [-0.2, -0.15) is 0 Å². The molecule has 0 saturated carbocycles. The van der Waals surface area contributed by atoms with Crippen LogP contribution >= 0.6 is 0 Å². The zero-order chi connectivity index (χ0) is 20.7. The van der Waals surface area contributed by atoms with E-state index in [2.05, 4.69) is 47.1 Å². The molecule has 0 unspecified atom stereocenters.